The molecule has 0 bridgehead atoms. The number of hydrogen-bond donors (Lipinski definition) is 1. The lowest BCUT2D eigenvalue weighted by atomic mass is 10.0. The van der Waals surface area contributed by atoms with Crippen molar-refractivity contribution < 1.29 is 0 Å². The minimum atomic E-state index is 0.549. The number of aryl methyl sites for hydroxylation is 1. The van der Waals surface area contributed by atoms with Crippen LogP contribution in [0.3, 0.4) is 0 Å². The molecule has 4 heteroatoms. The lowest BCUT2D eigenvalue weighted by Crippen LogP contribution is -2.36. The maximum atomic E-state index is 5.50. The highest BCUT2D eigenvalue weighted by atomic mass is 32.2. The van der Waals surface area contributed by atoms with Crippen molar-refractivity contribution in [2.75, 3.05) is 25.9 Å². The molecule has 1 aliphatic rings. The standard InChI is InChI=1S/C14H20N2S2.C2H2/c1-10-5-4-6-12(11(10)2)14(17)15-9-13-16(3)7-8-18-13;1-2/h4-6,13H,7-9H2,1-3H3,(H,15,17);1-2H. The van der Waals surface area contributed by atoms with Crippen LogP contribution >= 0.6 is 24.0 Å². The zero-order valence-electron chi connectivity index (χ0n) is 12.3. The fraction of sp³-hybridized carbons (Fsp3) is 0.438. The van der Waals surface area contributed by atoms with Crippen molar-refractivity contribution >= 4 is 29.0 Å². The summed E-state index contributed by atoms with van der Waals surface area (Å²) in [6.45, 7) is 6.36. The fourth-order valence-electron chi connectivity index (χ4n) is 2.09. The lowest BCUT2D eigenvalue weighted by Gasteiger charge is -2.20. The van der Waals surface area contributed by atoms with Crippen molar-refractivity contribution in [2.45, 2.75) is 19.2 Å². The van der Waals surface area contributed by atoms with Crippen LogP contribution in [0.1, 0.15) is 16.7 Å². The number of likely N-dealkylation sites (N-methyl/N-ethyl adjacent to an activating group) is 1. The van der Waals surface area contributed by atoms with Crippen molar-refractivity contribution in [3.05, 3.63) is 34.9 Å². The summed E-state index contributed by atoms with van der Waals surface area (Å²) >= 11 is 7.50. The molecule has 1 heterocycles. The van der Waals surface area contributed by atoms with E-state index in [0.29, 0.717) is 5.37 Å². The summed E-state index contributed by atoms with van der Waals surface area (Å²) in [5, 5.41) is 3.96. The Morgan fingerprint density at radius 3 is 2.75 bits per heavy atom. The molecule has 1 N–H and O–H groups in total. The Morgan fingerprint density at radius 1 is 1.45 bits per heavy atom. The van der Waals surface area contributed by atoms with Crippen LogP contribution in [0.4, 0.5) is 0 Å². The van der Waals surface area contributed by atoms with Gasteiger partial charge in [0.2, 0.25) is 0 Å². The summed E-state index contributed by atoms with van der Waals surface area (Å²) in [5.41, 5.74) is 3.74. The highest BCUT2D eigenvalue weighted by Gasteiger charge is 2.21. The van der Waals surface area contributed by atoms with Gasteiger partial charge in [0.25, 0.3) is 0 Å². The number of rotatable bonds is 3. The summed E-state index contributed by atoms with van der Waals surface area (Å²) in [6.07, 6.45) is 8.00. The second-order valence-electron chi connectivity index (χ2n) is 4.76. The van der Waals surface area contributed by atoms with Crippen LogP contribution in [0.5, 0.6) is 0 Å². The number of thioether (sulfide) groups is 1. The summed E-state index contributed by atoms with van der Waals surface area (Å²) in [7, 11) is 2.17. The van der Waals surface area contributed by atoms with Gasteiger partial charge in [-0.25, -0.2) is 0 Å². The number of hydrogen-bond acceptors (Lipinski definition) is 3. The zero-order chi connectivity index (χ0) is 15.1. The molecule has 0 aromatic heterocycles. The second kappa shape index (κ2) is 8.31. The van der Waals surface area contributed by atoms with Gasteiger partial charge >= 0.3 is 0 Å². The first-order valence-electron chi connectivity index (χ1n) is 6.59. The molecule has 2 rings (SSSR count). The monoisotopic (exact) mass is 306 g/mol. The first-order valence-corrected chi connectivity index (χ1v) is 8.05. The molecule has 1 fully saturated rings. The first kappa shape index (κ1) is 17.0. The molecule has 0 radical (unpaired) electrons. The van der Waals surface area contributed by atoms with Crippen LogP contribution in [-0.4, -0.2) is 41.2 Å². The van der Waals surface area contributed by atoms with Crippen LogP contribution in [0.25, 0.3) is 0 Å². The first-order chi connectivity index (χ1) is 9.59. The SMILES string of the molecule is C#C.Cc1cccc(C(=S)NCC2SCCN2C)c1C. The summed E-state index contributed by atoms with van der Waals surface area (Å²) in [5.74, 6) is 1.22. The summed E-state index contributed by atoms with van der Waals surface area (Å²) in [6, 6.07) is 6.30. The number of nitrogens with zero attached hydrogens (tertiary/aromatic N) is 1. The Bertz CT molecular complexity index is 483. The van der Waals surface area contributed by atoms with Crippen molar-refractivity contribution in [2.24, 2.45) is 0 Å². The molecule has 0 saturated carbocycles. The van der Waals surface area contributed by atoms with E-state index in [4.69, 9.17) is 12.2 Å². The number of terminal acetylenes is 1. The Morgan fingerprint density at radius 2 is 2.15 bits per heavy atom. The number of benzene rings is 1. The number of thiocarbonyl (C=S) groups is 1. The molecule has 1 atom stereocenters. The molecular weight excluding hydrogens is 284 g/mol. The van der Waals surface area contributed by atoms with Crippen LogP contribution in [0.2, 0.25) is 0 Å². The van der Waals surface area contributed by atoms with E-state index >= 15 is 0 Å². The van der Waals surface area contributed by atoms with Gasteiger partial charge in [-0.15, -0.1) is 24.6 Å². The van der Waals surface area contributed by atoms with Gasteiger partial charge in [0, 0.05) is 24.4 Å². The maximum Gasteiger partial charge on any atom is 0.106 e. The minimum absolute atomic E-state index is 0.549. The topological polar surface area (TPSA) is 15.3 Å². The van der Waals surface area contributed by atoms with Gasteiger partial charge in [0.15, 0.2) is 0 Å². The molecule has 1 aromatic rings. The molecule has 0 amide bonds. The molecule has 1 unspecified atom stereocenters. The molecule has 1 aromatic carbocycles. The molecular formula is C16H22N2S2. The van der Waals surface area contributed by atoms with Crippen molar-refractivity contribution in [3.63, 3.8) is 0 Å². The molecule has 2 nitrogen and oxygen atoms in total. The third kappa shape index (κ3) is 4.24. The van der Waals surface area contributed by atoms with Gasteiger partial charge < -0.3 is 5.32 Å². The quantitative estimate of drug-likeness (QED) is 0.682. The van der Waals surface area contributed by atoms with Gasteiger partial charge in [0.1, 0.15) is 4.99 Å². The molecule has 108 valence electrons. The van der Waals surface area contributed by atoms with Gasteiger partial charge in [-0.05, 0) is 32.0 Å². The van der Waals surface area contributed by atoms with Crippen LogP contribution in [0, 0.1) is 26.7 Å². The smallest absolute Gasteiger partial charge is 0.106 e. The fourth-order valence-corrected chi connectivity index (χ4v) is 3.62. The normalized spacial score (nSPS) is 18.1. The predicted octanol–water partition coefficient (Wildman–Crippen LogP) is 2.82. The Balaban J connectivity index is 0.000000956. The lowest BCUT2D eigenvalue weighted by molar-refractivity contribution is 0.351. The molecule has 1 aliphatic heterocycles. The zero-order valence-corrected chi connectivity index (χ0v) is 14.0. The summed E-state index contributed by atoms with van der Waals surface area (Å²) < 4.78 is 0. The van der Waals surface area contributed by atoms with E-state index in [1.54, 1.807) is 0 Å². The minimum Gasteiger partial charge on any atom is -0.373 e. The van der Waals surface area contributed by atoms with E-state index in [2.05, 4.69) is 62.2 Å². The van der Waals surface area contributed by atoms with E-state index in [1.165, 1.54) is 23.4 Å². The molecule has 0 spiro atoms. The second-order valence-corrected chi connectivity index (χ2v) is 6.46. The predicted molar refractivity (Wildman–Crippen MR) is 94.4 cm³/mol. The van der Waals surface area contributed by atoms with Gasteiger partial charge in [0.05, 0.1) is 5.37 Å². The highest BCUT2D eigenvalue weighted by Crippen LogP contribution is 2.21. The van der Waals surface area contributed by atoms with Gasteiger partial charge in [-0.2, -0.15) is 0 Å². The van der Waals surface area contributed by atoms with E-state index in [0.717, 1.165) is 17.1 Å². The molecule has 20 heavy (non-hydrogen) atoms. The maximum absolute atomic E-state index is 5.50. The van der Waals surface area contributed by atoms with E-state index < -0.39 is 0 Å². The molecule has 1 saturated heterocycles. The summed E-state index contributed by atoms with van der Waals surface area (Å²) in [4.78, 5) is 3.25. The van der Waals surface area contributed by atoms with Gasteiger partial charge in [-0.3, -0.25) is 4.90 Å². The van der Waals surface area contributed by atoms with Crippen LogP contribution in [-0.2, 0) is 0 Å². The Labute approximate surface area is 132 Å². The van der Waals surface area contributed by atoms with Gasteiger partial charge in [-0.1, -0.05) is 30.4 Å². The van der Waals surface area contributed by atoms with E-state index in [9.17, 15) is 0 Å². The van der Waals surface area contributed by atoms with E-state index in [1.807, 2.05) is 11.8 Å². The highest BCUT2D eigenvalue weighted by molar-refractivity contribution is 8.00. The van der Waals surface area contributed by atoms with Crippen LogP contribution in [0.15, 0.2) is 18.2 Å². The third-order valence-corrected chi connectivity index (χ3v) is 5.23. The largest absolute Gasteiger partial charge is 0.373 e. The average molecular weight is 306 g/mol. The Kier molecular flexibility index (Phi) is 7.08. The van der Waals surface area contributed by atoms with Crippen LogP contribution < -0.4 is 5.32 Å². The molecule has 0 aliphatic carbocycles. The number of nitrogens with one attached hydrogen (secondary N) is 1. The average Bonchev–Trinajstić information content (AvgIpc) is 2.87. The third-order valence-electron chi connectivity index (χ3n) is 3.53. The van der Waals surface area contributed by atoms with Crippen molar-refractivity contribution in [3.8, 4) is 12.8 Å². The van der Waals surface area contributed by atoms with E-state index in [-0.39, 0.29) is 0 Å². The van der Waals surface area contributed by atoms with Crippen molar-refractivity contribution in [1.29, 1.82) is 0 Å². The van der Waals surface area contributed by atoms with Crippen molar-refractivity contribution in [1.82, 2.24) is 10.2 Å². The Hall–Kier alpha value is -1.02.